The minimum absolute atomic E-state index is 0.0693. The number of methoxy groups -OCH3 is 2. The summed E-state index contributed by atoms with van der Waals surface area (Å²) in [6.07, 6.45) is -3.35. The number of hydrazine groups is 1. The Morgan fingerprint density at radius 2 is 1.65 bits per heavy atom. The Labute approximate surface area is 448 Å². The van der Waals surface area contributed by atoms with Crippen molar-refractivity contribution >= 4 is 34.5 Å². The maximum atomic E-state index is 14.8. The van der Waals surface area contributed by atoms with Gasteiger partial charge in [-0.05, 0) is 129 Å². The molecule has 0 radical (unpaired) electrons. The van der Waals surface area contributed by atoms with Crippen molar-refractivity contribution in [1.82, 2.24) is 29.8 Å². The molecule has 7 rings (SSSR count). The number of likely N-dealkylation sites (N-methyl/N-ethyl adjacent to an activating group) is 1. The summed E-state index contributed by atoms with van der Waals surface area (Å²) in [6, 6.07) is 5.32. The second kappa shape index (κ2) is 25.1. The molecule has 6 heterocycles. The Bertz CT molecular complexity index is 2200. The molecule has 2 aromatic rings. The van der Waals surface area contributed by atoms with Gasteiger partial charge < -0.3 is 73.8 Å². The first kappa shape index (κ1) is 60.1. The quantitative estimate of drug-likeness (QED) is 0.123. The number of rotatable bonds is 5. The van der Waals surface area contributed by atoms with Crippen molar-refractivity contribution < 1.29 is 67.2 Å². The molecule has 1 aromatic carbocycles. The molecule has 6 bridgehead atoms. The number of esters is 2. The van der Waals surface area contributed by atoms with E-state index in [4.69, 9.17) is 49.5 Å². The van der Waals surface area contributed by atoms with E-state index in [1.54, 1.807) is 58.9 Å². The molecule has 0 amide bonds. The molecule has 74 heavy (non-hydrogen) atoms. The molecule has 0 saturated carbocycles. The first-order valence-electron chi connectivity index (χ1n) is 25.6. The highest BCUT2D eigenvalue weighted by molar-refractivity contribution is 14.1. The lowest BCUT2D eigenvalue weighted by molar-refractivity contribution is -0.308. The molecule has 5 aliphatic heterocycles. The van der Waals surface area contributed by atoms with Gasteiger partial charge in [-0.1, -0.05) is 24.3 Å². The molecule has 3 fully saturated rings. The number of ether oxygens (including phenoxy) is 8. The van der Waals surface area contributed by atoms with Crippen LogP contribution in [0.25, 0.3) is 5.69 Å². The molecule has 21 nitrogen and oxygen atoms in total. The Kier molecular flexibility index (Phi) is 20.4. The number of carbonyl (C=O) groups is 2. The maximum absolute atomic E-state index is 14.8. The maximum Gasteiger partial charge on any atom is 0.361 e. The number of aliphatic hydroxyl groups is 3. The lowest BCUT2D eigenvalue weighted by Gasteiger charge is -2.48. The number of aliphatic hydroxyl groups excluding tert-OH is 2. The summed E-state index contributed by atoms with van der Waals surface area (Å²) in [5, 5.41) is 44.5. The van der Waals surface area contributed by atoms with E-state index in [1.165, 1.54) is 43.2 Å². The SMILES string of the molecule is CO[C@@H]1c2ccc(cc2)-n2cc(nn2)C(=O)O[C@]2(C)CCCN(C)[C@H](C)[C@@H](O)[C@](C)(O)[C@@H](I)OC(=O)[C@H](C)[C@@H](O[C@H]3C[C@@](C)(OC)[C@@H](O)[C@H](C)O3)[C@H](C)[C@H]2O[C@H]2C[C@H](C[C@@H](C)O2)N(C)CC/C(N)=C/N(N)[C@@H]1CF. The van der Waals surface area contributed by atoms with Gasteiger partial charge in [0.1, 0.15) is 48.3 Å². The second-order valence-electron chi connectivity index (χ2n) is 21.6. The molecule has 0 unspecified atom stereocenters. The van der Waals surface area contributed by atoms with Crippen LogP contribution in [-0.4, -0.2) is 193 Å². The highest BCUT2D eigenvalue weighted by Gasteiger charge is 2.53. The first-order valence-corrected chi connectivity index (χ1v) is 26.9. The van der Waals surface area contributed by atoms with Gasteiger partial charge in [-0.25, -0.2) is 19.7 Å². The number of halogens is 2. The highest BCUT2D eigenvalue weighted by atomic mass is 127. The number of nitrogens with zero attached hydrogens (tertiary/aromatic N) is 6. The van der Waals surface area contributed by atoms with E-state index in [9.17, 15) is 29.3 Å². The number of hydrogen-bond acceptors (Lipinski definition) is 20. The first-order chi connectivity index (χ1) is 34.8. The molecular formula is C51H82FIN8O13. The van der Waals surface area contributed by atoms with E-state index in [0.717, 1.165) is 0 Å². The van der Waals surface area contributed by atoms with Crippen molar-refractivity contribution in [1.29, 1.82) is 0 Å². The van der Waals surface area contributed by atoms with E-state index in [-0.39, 0.29) is 30.7 Å². The van der Waals surface area contributed by atoms with Crippen LogP contribution in [-0.2, 0) is 42.7 Å². The minimum atomic E-state index is -1.90. The van der Waals surface area contributed by atoms with Crippen LogP contribution < -0.4 is 11.6 Å². The van der Waals surface area contributed by atoms with Gasteiger partial charge in [0.05, 0.1) is 41.7 Å². The molecule has 5 aliphatic rings. The molecule has 18 atom stereocenters. The Morgan fingerprint density at radius 1 is 0.959 bits per heavy atom. The lowest BCUT2D eigenvalue weighted by atomic mass is 9.79. The number of aromatic nitrogens is 3. The van der Waals surface area contributed by atoms with Gasteiger partial charge in [0, 0.05) is 69.9 Å². The third kappa shape index (κ3) is 13.6. The van der Waals surface area contributed by atoms with Gasteiger partial charge in [0.2, 0.25) is 0 Å². The second-order valence-corrected chi connectivity index (χ2v) is 22.7. The molecule has 3 saturated heterocycles. The summed E-state index contributed by atoms with van der Waals surface area (Å²) < 4.78 is 66.5. The van der Waals surface area contributed by atoms with Gasteiger partial charge in [0.25, 0.3) is 0 Å². The third-order valence-electron chi connectivity index (χ3n) is 16.0. The minimum Gasteiger partial charge on any atom is -0.452 e. The van der Waals surface area contributed by atoms with Crippen molar-refractivity contribution in [2.75, 3.05) is 48.1 Å². The van der Waals surface area contributed by atoms with Gasteiger partial charge >= 0.3 is 11.9 Å². The van der Waals surface area contributed by atoms with Gasteiger partial charge in [-0.15, -0.1) is 5.10 Å². The van der Waals surface area contributed by atoms with Gasteiger partial charge in [-0.2, -0.15) is 0 Å². The third-order valence-corrected chi connectivity index (χ3v) is 17.5. The number of nitrogens with two attached hydrogens (primary N) is 2. The average molecular weight is 1160 g/mol. The summed E-state index contributed by atoms with van der Waals surface area (Å²) in [5.41, 5.74) is 3.51. The van der Waals surface area contributed by atoms with Gasteiger partial charge in [0.15, 0.2) is 22.4 Å². The highest BCUT2D eigenvalue weighted by Crippen LogP contribution is 2.41. The fourth-order valence-corrected chi connectivity index (χ4v) is 11.5. The molecule has 0 aliphatic carbocycles. The Hall–Kier alpha value is -3.18. The Balaban J connectivity index is 1.50. The summed E-state index contributed by atoms with van der Waals surface area (Å²) in [6.45, 7) is 13.9. The van der Waals surface area contributed by atoms with E-state index in [0.29, 0.717) is 55.7 Å². The number of fused-ring (bicyclic) bond motifs is 9. The number of alkyl halides is 2. The summed E-state index contributed by atoms with van der Waals surface area (Å²) in [7, 11) is 6.77. The Morgan fingerprint density at radius 3 is 2.30 bits per heavy atom. The van der Waals surface area contributed by atoms with Crippen molar-refractivity contribution in [2.24, 2.45) is 23.4 Å². The smallest absolute Gasteiger partial charge is 0.361 e. The number of benzene rings is 1. The largest absolute Gasteiger partial charge is 0.452 e. The zero-order valence-electron chi connectivity index (χ0n) is 45.0. The fourth-order valence-electron chi connectivity index (χ4n) is 10.8. The fraction of sp³-hybridized carbons (Fsp3) is 0.765. The predicted octanol–water partition coefficient (Wildman–Crippen LogP) is 3.89. The molecular weight excluding hydrogens is 1080 g/mol. The van der Waals surface area contributed by atoms with Crippen LogP contribution in [0.5, 0.6) is 0 Å². The summed E-state index contributed by atoms with van der Waals surface area (Å²) in [5.74, 6) is 2.95. The standard InChI is InChI=1S/C51H82FIN8O13/c1-28-22-36-23-39(69-28)72-45-29(2)41(71-40-24-50(7,68-12)44(63)32(5)70-40)30(3)46(64)73-48(53)51(8,66)43(62)31(4)58(9)20-13-19-49(45,6)74-47(65)37-27-61(57-56-37)35-16-14-33(15-17-35)42(67-11)38(25-52)60(55)26-34(54)18-21-59(36)10/h14-17,26-32,36,38-45,48,62-63,66H,13,18-25,54-55H2,1-12H3/b34-26-/t28-,29+,30-,31-,32+,36+,38-,39+,40+,41+,42-,43-,44+,45-,48+,49-,50-,51+/m1/s1. The van der Waals surface area contributed by atoms with Gasteiger partial charge in [-0.3, -0.25) is 4.79 Å². The van der Waals surface area contributed by atoms with Crippen LogP contribution in [0.15, 0.2) is 42.4 Å². The van der Waals surface area contributed by atoms with Crippen LogP contribution in [0.1, 0.15) is 116 Å². The van der Waals surface area contributed by atoms with E-state index >= 15 is 0 Å². The number of cyclic esters (lactones) is 1. The monoisotopic (exact) mass is 1160 g/mol. The molecule has 7 N–H and O–H groups in total. The molecule has 1 aromatic heterocycles. The summed E-state index contributed by atoms with van der Waals surface area (Å²) >= 11 is 1.83. The van der Waals surface area contributed by atoms with Crippen molar-refractivity contribution in [3.8, 4) is 5.69 Å². The van der Waals surface area contributed by atoms with E-state index in [2.05, 4.69) is 15.2 Å². The molecule has 0 spiro atoms. The van der Waals surface area contributed by atoms with Crippen LogP contribution in [0.4, 0.5) is 4.39 Å². The topological polar surface area (TPSA) is 261 Å². The van der Waals surface area contributed by atoms with E-state index < -0.39 is 113 Å². The van der Waals surface area contributed by atoms with Crippen molar-refractivity contribution in [3.05, 3.63) is 53.6 Å². The zero-order valence-corrected chi connectivity index (χ0v) is 47.2. The summed E-state index contributed by atoms with van der Waals surface area (Å²) in [4.78, 5) is 33.4. The van der Waals surface area contributed by atoms with Crippen LogP contribution in [0, 0.1) is 11.8 Å². The van der Waals surface area contributed by atoms with Crippen LogP contribution in [0.2, 0.25) is 0 Å². The van der Waals surface area contributed by atoms with E-state index in [1.807, 2.05) is 55.4 Å². The average Bonchev–Trinajstić information content (AvgIpc) is 3.86. The van der Waals surface area contributed by atoms with Crippen LogP contribution >= 0.6 is 22.6 Å². The van der Waals surface area contributed by atoms with Crippen LogP contribution in [0.3, 0.4) is 0 Å². The van der Waals surface area contributed by atoms with Crippen molar-refractivity contribution in [2.45, 2.75) is 188 Å². The number of hydrogen-bond donors (Lipinski definition) is 5. The number of carbonyl (C=O) groups excluding carboxylic acids is 2. The normalized spacial score (nSPS) is 41.2. The lowest BCUT2D eigenvalue weighted by Crippen LogP contribution is -2.59. The predicted molar refractivity (Wildman–Crippen MR) is 278 cm³/mol. The molecule has 418 valence electrons. The zero-order chi connectivity index (χ0) is 54.6. The van der Waals surface area contributed by atoms with Crippen molar-refractivity contribution in [3.63, 3.8) is 0 Å². The molecule has 23 heteroatoms.